The Hall–Kier alpha value is -2.57. The number of aliphatic hydroxyl groups excluding tert-OH is 8. The molecule has 0 saturated carbocycles. The summed E-state index contributed by atoms with van der Waals surface area (Å²) in [7, 11) is 0. The minimum absolute atomic E-state index is 0.232. The number of rotatable bonds is 35. The SMILES string of the molecule is CC/C=C\C/C=C\C/C=C\C/C=C\C/C=C\C/C=C\CCCCCCCCCCC(=O)NC(COC1OC(CO)C(OC2OC(CO)C(O)C(O)C2O)C(O)C1O)C(O)CCCCC. The first kappa shape index (κ1) is 57.6. The van der Waals surface area contributed by atoms with E-state index >= 15 is 0 Å². The number of carbonyl (C=O) groups excluding carboxylic acids is 1. The topological polar surface area (TPSA) is 228 Å². The Kier molecular flexibility index (Phi) is 32.9. The molecule has 64 heavy (non-hydrogen) atoms. The summed E-state index contributed by atoms with van der Waals surface area (Å²) >= 11 is 0. The monoisotopic (exact) mass is 908 g/mol. The third-order valence-corrected chi connectivity index (χ3v) is 11.4. The van der Waals surface area contributed by atoms with Crippen LogP contribution in [0.4, 0.5) is 0 Å². The van der Waals surface area contributed by atoms with Gasteiger partial charge in [0, 0.05) is 6.42 Å². The number of carbonyl (C=O) groups is 1. The molecule has 0 radical (unpaired) electrons. The number of hydrogen-bond donors (Lipinski definition) is 9. The van der Waals surface area contributed by atoms with Gasteiger partial charge in [-0.1, -0.05) is 145 Å². The molecule has 0 bridgehead atoms. The molecular weight excluding hydrogens is 823 g/mol. The van der Waals surface area contributed by atoms with Crippen LogP contribution < -0.4 is 5.32 Å². The molecule has 2 aliphatic rings. The van der Waals surface area contributed by atoms with Crippen molar-refractivity contribution in [3.8, 4) is 0 Å². The fourth-order valence-corrected chi connectivity index (χ4v) is 7.47. The van der Waals surface area contributed by atoms with E-state index in [1.807, 2.05) is 6.92 Å². The third-order valence-electron chi connectivity index (χ3n) is 11.4. The minimum atomic E-state index is -1.78. The van der Waals surface area contributed by atoms with Gasteiger partial charge in [-0.2, -0.15) is 0 Å². The first-order valence-electron chi connectivity index (χ1n) is 24.2. The maximum atomic E-state index is 13.0. The van der Waals surface area contributed by atoms with Gasteiger partial charge in [0.2, 0.25) is 5.91 Å². The molecule has 368 valence electrons. The van der Waals surface area contributed by atoms with Crippen LogP contribution in [0.3, 0.4) is 0 Å². The average Bonchev–Trinajstić information content (AvgIpc) is 3.29. The summed E-state index contributed by atoms with van der Waals surface area (Å²) in [4.78, 5) is 13.0. The normalized spacial score (nSPS) is 27.9. The van der Waals surface area contributed by atoms with Crippen molar-refractivity contribution in [1.82, 2.24) is 5.32 Å². The highest BCUT2D eigenvalue weighted by atomic mass is 16.7. The van der Waals surface area contributed by atoms with Crippen LogP contribution in [0.15, 0.2) is 72.9 Å². The van der Waals surface area contributed by atoms with E-state index in [0.29, 0.717) is 12.8 Å². The molecule has 14 nitrogen and oxygen atoms in total. The van der Waals surface area contributed by atoms with Gasteiger partial charge in [-0.05, 0) is 64.2 Å². The molecule has 0 aromatic rings. The lowest BCUT2D eigenvalue weighted by Crippen LogP contribution is -2.65. The number of amides is 1. The summed E-state index contributed by atoms with van der Waals surface area (Å²) in [5.74, 6) is -0.232. The largest absolute Gasteiger partial charge is 0.394 e. The van der Waals surface area contributed by atoms with Crippen LogP contribution in [-0.4, -0.2) is 140 Å². The number of aliphatic hydroxyl groups is 8. The van der Waals surface area contributed by atoms with E-state index in [1.54, 1.807) is 0 Å². The van der Waals surface area contributed by atoms with Crippen LogP contribution in [0.1, 0.15) is 142 Å². The first-order chi connectivity index (χ1) is 31.1. The molecule has 12 atom stereocenters. The van der Waals surface area contributed by atoms with Gasteiger partial charge in [-0.15, -0.1) is 0 Å². The lowest BCUT2D eigenvalue weighted by molar-refractivity contribution is -0.359. The lowest BCUT2D eigenvalue weighted by atomic mass is 9.97. The van der Waals surface area contributed by atoms with E-state index < -0.39 is 86.8 Å². The highest BCUT2D eigenvalue weighted by molar-refractivity contribution is 5.76. The van der Waals surface area contributed by atoms with Gasteiger partial charge in [-0.25, -0.2) is 0 Å². The van der Waals surface area contributed by atoms with Gasteiger partial charge in [0.05, 0.1) is 32.0 Å². The molecule has 0 spiro atoms. The summed E-state index contributed by atoms with van der Waals surface area (Å²) in [5.41, 5.74) is 0. The number of ether oxygens (including phenoxy) is 4. The Morgan fingerprint density at radius 2 is 1.08 bits per heavy atom. The molecule has 0 aromatic carbocycles. The molecule has 2 rings (SSSR count). The smallest absolute Gasteiger partial charge is 0.220 e. The minimum Gasteiger partial charge on any atom is -0.394 e. The fraction of sp³-hybridized carbons (Fsp3) is 0.740. The van der Waals surface area contributed by atoms with Crippen LogP contribution in [-0.2, 0) is 23.7 Å². The third kappa shape index (κ3) is 23.7. The molecule has 2 fully saturated rings. The highest BCUT2D eigenvalue weighted by Gasteiger charge is 2.51. The molecule has 0 aliphatic carbocycles. The Morgan fingerprint density at radius 3 is 1.62 bits per heavy atom. The lowest BCUT2D eigenvalue weighted by Gasteiger charge is -2.46. The molecular formula is C50H85NO13. The van der Waals surface area contributed by atoms with Crippen molar-refractivity contribution >= 4 is 5.91 Å². The van der Waals surface area contributed by atoms with Crippen molar-refractivity contribution in [1.29, 1.82) is 0 Å². The maximum absolute atomic E-state index is 13.0. The number of hydrogen-bond acceptors (Lipinski definition) is 13. The van der Waals surface area contributed by atoms with Crippen molar-refractivity contribution in [2.24, 2.45) is 0 Å². The highest BCUT2D eigenvalue weighted by Crippen LogP contribution is 2.30. The summed E-state index contributed by atoms with van der Waals surface area (Å²) < 4.78 is 22.5. The predicted molar refractivity (Wildman–Crippen MR) is 249 cm³/mol. The molecule has 2 heterocycles. The standard InChI is InChI=1S/C50H85NO13/c1-3-5-7-8-9-10-11-12-13-14-15-16-17-18-19-20-21-22-23-24-25-26-27-28-29-30-32-34-42(55)51-38(39(54)33-31-6-4-2)37-61-49-47(60)45(58)48(41(36-53)63-49)64-50-46(59)44(57)43(56)40(35-52)62-50/h5,7,9-10,12-13,15-16,18-19,21-22,38-41,43-50,52-54,56-60H,3-4,6,8,11,14,17,20,23-37H2,1-2H3,(H,51,55)/b7-5-,10-9-,13-12-,16-15-,19-18-,22-21-. The summed E-state index contributed by atoms with van der Waals surface area (Å²) in [6.45, 7) is 2.52. The quantitative estimate of drug-likeness (QED) is 0.0277. The summed E-state index contributed by atoms with van der Waals surface area (Å²) in [6, 6.07) is -0.833. The number of unbranched alkanes of at least 4 members (excludes halogenated alkanes) is 10. The average molecular weight is 908 g/mol. The van der Waals surface area contributed by atoms with Crippen molar-refractivity contribution in [3.05, 3.63) is 72.9 Å². The molecule has 12 unspecified atom stereocenters. The Morgan fingerprint density at radius 1 is 0.578 bits per heavy atom. The van der Waals surface area contributed by atoms with E-state index in [0.717, 1.165) is 83.5 Å². The van der Waals surface area contributed by atoms with Gasteiger partial charge in [0.1, 0.15) is 48.8 Å². The molecule has 0 aromatic heterocycles. The van der Waals surface area contributed by atoms with Crippen LogP contribution in [0.5, 0.6) is 0 Å². The van der Waals surface area contributed by atoms with E-state index in [1.165, 1.54) is 25.7 Å². The van der Waals surface area contributed by atoms with E-state index in [-0.39, 0.29) is 18.9 Å². The van der Waals surface area contributed by atoms with Crippen molar-refractivity contribution in [2.45, 2.75) is 216 Å². The van der Waals surface area contributed by atoms with Crippen molar-refractivity contribution in [2.75, 3.05) is 19.8 Å². The van der Waals surface area contributed by atoms with Crippen LogP contribution >= 0.6 is 0 Å². The van der Waals surface area contributed by atoms with Gasteiger partial charge < -0.3 is 65.1 Å². The molecule has 2 saturated heterocycles. The van der Waals surface area contributed by atoms with E-state index in [4.69, 9.17) is 18.9 Å². The first-order valence-corrected chi connectivity index (χ1v) is 24.2. The van der Waals surface area contributed by atoms with E-state index in [9.17, 15) is 45.6 Å². The number of allylic oxidation sites excluding steroid dienone is 12. The van der Waals surface area contributed by atoms with Crippen LogP contribution in [0.25, 0.3) is 0 Å². The van der Waals surface area contributed by atoms with Gasteiger partial charge in [0.25, 0.3) is 0 Å². The predicted octanol–water partition coefficient (Wildman–Crippen LogP) is 5.65. The zero-order valence-electron chi connectivity index (χ0n) is 38.7. The maximum Gasteiger partial charge on any atom is 0.220 e. The second-order valence-corrected chi connectivity index (χ2v) is 16.9. The van der Waals surface area contributed by atoms with Crippen LogP contribution in [0, 0.1) is 0 Å². The van der Waals surface area contributed by atoms with Gasteiger partial charge in [-0.3, -0.25) is 4.79 Å². The van der Waals surface area contributed by atoms with Gasteiger partial charge in [0.15, 0.2) is 12.6 Å². The zero-order chi connectivity index (χ0) is 46.8. The van der Waals surface area contributed by atoms with E-state index in [2.05, 4.69) is 85.2 Å². The summed E-state index contributed by atoms with van der Waals surface area (Å²) in [5, 5.41) is 85.9. The van der Waals surface area contributed by atoms with Crippen molar-refractivity contribution < 1.29 is 64.6 Å². The Balaban J connectivity index is 1.63. The summed E-state index contributed by atoms with van der Waals surface area (Å²) in [6.07, 6.45) is 28.8. The molecule has 9 N–H and O–H groups in total. The van der Waals surface area contributed by atoms with Crippen LogP contribution in [0.2, 0.25) is 0 Å². The molecule has 2 aliphatic heterocycles. The zero-order valence-corrected chi connectivity index (χ0v) is 38.7. The van der Waals surface area contributed by atoms with Crippen molar-refractivity contribution in [3.63, 3.8) is 0 Å². The second kappa shape index (κ2) is 36.5. The molecule has 1 amide bonds. The van der Waals surface area contributed by atoms with Gasteiger partial charge >= 0.3 is 0 Å². The number of nitrogens with one attached hydrogen (secondary N) is 1. The Labute approximate surface area is 383 Å². The second-order valence-electron chi connectivity index (χ2n) is 16.9. The Bertz CT molecular complexity index is 1350. The molecule has 14 heteroatoms. The fourth-order valence-electron chi connectivity index (χ4n) is 7.47.